The molecule has 2 aromatic rings. The third-order valence-corrected chi connectivity index (χ3v) is 8.28. The van der Waals surface area contributed by atoms with Crippen molar-refractivity contribution in [3.63, 3.8) is 0 Å². The highest BCUT2D eigenvalue weighted by Gasteiger charge is 2.39. The van der Waals surface area contributed by atoms with Crippen LogP contribution >= 0.6 is 0 Å². The van der Waals surface area contributed by atoms with Gasteiger partial charge in [0.2, 0.25) is 0 Å². The summed E-state index contributed by atoms with van der Waals surface area (Å²) < 4.78 is 10.5. The van der Waals surface area contributed by atoms with Crippen LogP contribution in [0.3, 0.4) is 0 Å². The van der Waals surface area contributed by atoms with Crippen LogP contribution in [0.1, 0.15) is 96.8 Å². The molecule has 1 aliphatic carbocycles. The molecule has 1 N–H and O–H groups in total. The van der Waals surface area contributed by atoms with Crippen LogP contribution in [0.15, 0.2) is 12.3 Å². The SMILES string of the molecule is COC(=O)c1c(C)cc(N2CCN(C(=O)c3cnc(NCC4CCCCC4)c([C@@H](C)OC)n3)C(C)(C)C2)nc1C. The zero-order chi connectivity index (χ0) is 29.0. The number of hydrogen-bond acceptors (Lipinski definition) is 9. The lowest BCUT2D eigenvalue weighted by Gasteiger charge is -2.47. The summed E-state index contributed by atoms with van der Waals surface area (Å²) in [7, 11) is 3.02. The Balaban J connectivity index is 1.51. The van der Waals surface area contributed by atoms with E-state index in [2.05, 4.69) is 15.2 Å². The van der Waals surface area contributed by atoms with Crippen molar-refractivity contribution >= 4 is 23.5 Å². The molecule has 2 fully saturated rings. The molecular formula is C30H44N6O4. The van der Waals surface area contributed by atoms with E-state index in [0.717, 1.165) is 17.9 Å². The van der Waals surface area contributed by atoms with Crippen LogP contribution in [-0.2, 0) is 9.47 Å². The van der Waals surface area contributed by atoms with Crippen LogP contribution < -0.4 is 10.2 Å². The average molecular weight is 553 g/mol. The first-order valence-electron chi connectivity index (χ1n) is 14.3. The third-order valence-electron chi connectivity index (χ3n) is 8.28. The van der Waals surface area contributed by atoms with Crippen molar-refractivity contribution in [1.82, 2.24) is 19.9 Å². The van der Waals surface area contributed by atoms with Gasteiger partial charge in [0, 0.05) is 33.3 Å². The number of esters is 1. The Labute approximate surface area is 237 Å². The lowest BCUT2D eigenvalue weighted by atomic mass is 9.89. The topological polar surface area (TPSA) is 110 Å². The largest absolute Gasteiger partial charge is 0.465 e. The number of rotatable bonds is 8. The zero-order valence-electron chi connectivity index (χ0n) is 25.0. The molecule has 2 aliphatic rings. The predicted octanol–water partition coefficient (Wildman–Crippen LogP) is 4.72. The molecule has 2 aromatic heterocycles. The fraction of sp³-hybridized carbons (Fsp3) is 0.633. The molecule has 0 bridgehead atoms. The van der Waals surface area contributed by atoms with E-state index in [4.69, 9.17) is 19.4 Å². The van der Waals surface area contributed by atoms with Gasteiger partial charge in [-0.05, 0) is 65.0 Å². The van der Waals surface area contributed by atoms with Gasteiger partial charge in [-0.2, -0.15) is 0 Å². The highest BCUT2D eigenvalue weighted by Crippen LogP contribution is 2.30. The van der Waals surface area contributed by atoms with Crippen molar-refractivity contribution in [3.8, 4) is 0 Å². The lowest BCUT2D eigenvalue weighted by molar-refractivity contribution is 0.0504. The van der Waals surface area contributed by atoms with E-state index >= 15 is 0 Å². The summed E-state index contributed by atoms with van der Waals surface area (Å²) in [5.41, 5.74) is 2.42. The molecule has 1 amide bonds. The lowest BCUT2D eigenvalue weighted by Crippen LogP contribution is -2.61. The van der Waals surface area contributed by atoms with Gasteiger partial charge in [-0.3, -0.25) is 4.79 Å². The minimum Gasteiger partial charge on any atom is -0.465 e. The monoisotopic (exact) mass is 552 g/mol. The van der Waals surface area contributed by atoms with Gasteiger partial charge in [0.1, 0.15) is 23.3 Å². The van der Waals surface area contributed by atoms with Gasteiger partial charge in [-0.15, -0.1) is 0 Å². The fourth-order valence-corrected chi connectivity index (χ4v) is 5.92. The molecule has 3 heterocycles. The van der Waals surface area contributed by atoms with Crippen molar-refractivity contribution in [1.29, 1.82) is 0 Å². The summed E-state index contributed by atoms with van der Waals surface area (Å²) in [5.74, 6) is 1.57. The second kappa shape index (κ2) is 12.5. The summed E-state index contributed by atoms with van der Waals surface area (Å²) in [5, 5.41) is 3.49. The van der Waals surface area contributed by atoms with Gasteiger partial charge in [-0.1, -0.05) is 19.3 Å². The van der Waals surface area contributed by atoms with Crippen molar-refractivity contribution in [3.05, 3.63) is 40.5 Å². The van der Waals surface area contributed by atoms with Gasteiger partial charge in [0.25, 0.3) is 5.91 Å². The van der Waals surface area contributed by atoms with E-state index in [9.17, 15) is 9.59 Å². The second-order valence-corrected chi connectivity index (χ2v) is 11.7. The number of hydrogen-bond donors (Lipinski definition) is 1. The van der Waals surface area contributed by atoms with E-state index in [0.29, 0.717) is 54.0 Å². The van der Waals surface area contributed by atoms with Gasteiger partial charge in [-0.25, -0.2) is 19.7 Å². The van der Waals surface area contributed by atoms with Crippen molar-refractivity contribution in [2.24, 2.45) is 5.92 Å². The normalized spacial score (nSPS) is 18.4. The number of aromatic nitrogens is 3. The number of amides is 1. The molecule has 0 radical (unpaired) electrons. The van der Waals surface area contributed by atoms with E-state index in [1.807, 2.05) is 45.6 Å². The standard InChI is InChI=1S/C30H44N6O4/c1-19-15-24(33-20(2)25(19)29(38)40-7)35-13-14-36(30(4,5)18-35)28(37)23-17-32-27(26(34-23)21(3)39-6)31-16-22-11-9-8-10-12-22/h15,17,21-22H,8-14,16,18H2,1-7H3,(H,31,32)/t21-/m1/s1. The Bertz CT molecular complexity index is 1200. The summed E-state index contributed by atoms with van der Waals surface area (Å²) >= 11 is 0. The first kappa shape index (κ1) is 29.7. The Morgan fingerprint density at radius 3 is 2.48 bits per heavy atom. The summed E-state index contributed by atoms with van der Waals surface area (Å²) in [6.45, 7) is 12.3. The smallest absolute Gasteiger partial charge is 0.339 e. The fourth-order valence-electron chi connectivity index (χ4n) is 5.92. The van der Waals surface area contributed by atoms with E-state index in [1.165, 1.54) is 39.2 Å². The van der Waals surface area contributed by atoms with Gasteiger partial charge < -0.3 is 24.6 Å². The molecule has 0 spiro atoms. The quantitative estimate of drug-likeness (QED) is 0.465. The number of nitrogens with one attached hydrogen (secondary N) is 1. The number of carbonyl (C=O) groups is 2. The number of methoxy groups -OCH3 is 2. The molecule has 40 heavy (non-hydrogen) atoms. The Hall–Kier alpha value is -3.27. The molecule has 10 heteroatoms. The minimum absolute atomic E-state index is 0.151. The maximum absolute atomic E-state index is 13.8. The van der Waals surface area contributed by atoms with Gasteiger partial charge in [0.15, 0.2) is 5.82 Å². The number of anilines is 2. The van der Waals surface area contributed by atoms with Crippen LogP contribution in [-0.4, -0.2) is 77.7 Å². The first-order valence-corrected chi connectivity index (χ1v) is 14.3. The minimum atomic E-state index is -0.494. The van der Waals surface area contributed by atoms with Crippen LogP contribution in [0.2, 0.25) is 0 Å². The zero-order valence-corrected chi connectivity index (χ0v) is 25.0. The summed E-state index contributed by atoms with van der Waals surface area (Å²) in [4.78, 5) is 44.1. The molecule has 4 rings (SSSR count). The molecule has 1 saturated carbocycles. The van der Waals surface area contributed by atoms with Gasteiger partial charge >= 0.3 is 5.97 Å². The summed E-state index contributed by atoms with van der Waals surface area (Å²) in [6.07, 6.45) is 7.63. The Morgan fingerprint density at radius 1 is 1.12 bits per heavy atom. The van der Waals surface area contributed by atoms with Crippen LogP contribution in [0.4, 0.5) is 11.6 Å². The molecule has 10 nitrogen and oxygen atoms in total. The molecule has 0 aromatic carbocycles. The summed E-state index contributed by atoms with van der Waals surface area (Å²) in [6, 6.07) is 1.91. The molecular weight excluding hydrogens is 508 g/mol. The first-order chi connectivity index (χ1) is 19.1. The Kier molecular flexibility index (Phi) is 9.28. The average Bonchev–Trinajstić information content (AvgIpc) is 2.94. The van der Waals surface area contributed by atoms with E-state index in [1.54, 1.807) is 13.3 Å². The maximum atomic E-state index is 13.8. The molecule has 1 saturated heterocycles. The molecule has 218 valence electrons. The second-order valence-electron chi connectivity index (χ2n) is 11.7. The number of aryl methyl sites for hydroxylation is 2. The third kappa shape index (κ3) is 6.37. The number of carbonyl (C=O) groups excluding carboxylic acids is 2. The van der Waals surface area contributed by atoms with E-state index < -0.39 is 5.54 Å². The van der Waals surface area contributed by atoms with Crippen LogP contribution in [0.25, 0.3) is 0 Å². The maximum Gasteiger partial charge on any atom is 0.339 e. The molecule has 1 aliphatic heterocycles. The van der Waals surface area contributed by atoms with E-state index in [-0.39, 0.29) is 18.0 Å². The molecule has 0 unspecified atom stereocenters. The molecule has 1 atom stereocenters. The van der Waals surface area contributed by atoms with Gasteiger partial charge in [0.05, 0.1) is 30.1 Å². The van der Waals surface area contributed by atoms with Crippen LogP contribution in [0, 0.1) is 19.8 Å². The number of piperazine rings is 1. The number of pyridine rings is 1. The van der Waals surface area contributed by atoms with Crippen LogP contribution in [0.5, 0.6) is 0 Å². The van der Waals surface area contributed by atoms with Crippen molar-refractivity contribution in [2.45, 2.75) is 78.4 Å². The van der Waals surface area contributed by atoms with Crippen molar-refractivity contribution in [2.75, 3.05) is 50.6 Å². The Morgan fingerprint density at radius 2 is 1.85 bits per heavy atom. The number of nitrogens with zero attached hydrogens (tertiary/aromatic N) is 5. The highest BCUT2D eigenvalue weighted by molar-refractivity contribution is 5.93. The van der Waals surface area contributed by atoms with Crippen molar-refractivity contribution < 1.29 is 19.1 Å². The predicted molar refractivity (Wildman–Crippen MR) is 155 cm³/mol. The highest BCUT2D eigenvalue weighted by atomic mass is 16.5. The number of ether oxygens (including phenoxy) is 2.